The molecule has 3 heterocycles. The molecule has 0 aliphatic carbocycles. The maximum atomic E-state index is 12.4. The van der Waals surface area contributed by atoms with Gasteiger partial charge in [0.15, 0.2) is 0 Å². The lowest BCUT2D eigenvalue weighted by Crippen LogP contribution is -2.65. The van der Waals surface area contributed by atoms with Crippen LogP contribution in [0.5, 0.6) is 0 Å². The fourth-order valence-corrected chi connectivity index (χ4v) is 3.64. The third-order valence-electron chi connectivity index (χ3n) is 4.96. The third-order valence-corrected chi connectivity index (χ3v) is 4.96. The monoisotopic (exact) mass is 339 g/mol. The highest BCUT2D eigenvalue weighted by Crippen LogP contribution is 2.23. The van der Waals surface area contributed by atoms with Crippen LogP contribution in [-0.4, -0.2) is 65.8 Å². The van der Waals surface area contributed by atoms with E-state index in [-0.39, 0.29) is 24.4 Å². The normalized spacial score (nSPS) is 21.6. The van der Waals surface area contributed by atoms with E-state index in [0.717, 1.165) is 24.4 Å². The number of rotatable bonds is 3. The van der Waals surface area contributed by atoms with Crippen LogP contribution in [0.25, 0.3) is 11.3 Å². The Hall–Kier alpha value is -2.60. The lowest BCUT2D eigenvalue weighted by atomic mass is 10.0. The number of furan rings is 1. The average Bonchev–Trinajstić information content (AvgIpc) is 3.15. The van der Waals surface area contributed by atoms with Crippen molar-refractivity contribution in [2.24, 2.45) is 0 Å². The minimum Gasteiger partial charge on any atom is -0.464 e. The van der Waals surface area contributed by atoms with Gasteiger partial charge in [-0.1, -0.05) is 18.2 Å². The number of fused-ring (bicyclic) bond motifs is 1. The van der Waals surface area contributed by atoms with E-state index in [1.165, 1.54) is 10.5 Å². The molecule has 0 saturated carbocycles. The number of carbonyl (C=O) groups is 2. The Morgan fingerprint density at radius 2 is 2.04 bits per heavy atom. The van der Waals surface area contributed by atoms with Gasteiger partial charge in [0.05, 0.1) is 12.8 Å². The molecule has 1 atom stereocenters. The molecule has 2 saturated heterocycles. The van der Waals surface area contributed by atoms with Crippen molar-refractivity contribution >= 4 is 11.8 Å². The second-order valence-electron chi connectivity index (χ2n) is 6.71. The van der Waals surface area contributed by atoms with Crippen molar-refractivity contribution in [2.45, 2.75) is 12.6 Å². The van der Waals surface area contributed by atoms with Gasteiger partial charge in [0.2, 0.25) is 11.8 Å². The van der Waals surface area contributed by atoms with E-state index >= 15 is 0 Å². The molecule has 6 nitrogen and oxygen atoms in total. The molecule has 0 N–H and O–H groups in total. The fourth-order valence-electron chi connectivity index (χ4n) is 3.64. The standard InChI is InChI=1S/C19H21N3O3/c1-20-13-18(23)22-8-7-21(12-16(22)19(20)24)11-14-4-2-5-15(10-14)17-6-3-9-25-17/h2-6,9-10,16H,7-8,11-13H2,1H3. The van der Waals surface area contributed by atoms with Crippen LogP contribution in [0.2, 0.25) is 0 Å². The van der Waals surface area contributed by atoms with Gasteiger partial charge in [-0.25, -0.2) is 0 Å². The average molecular weight is 339 g/mol. The van der Waals surface area contributed by atoms with Gasteiger partial charge in [-0.15, -0.1) is 0 Å². The van der Waals surface area contributed by atoms with Crippen LogP contribution in [0.4, 0.5) is 0 Å². The summed E-state index contributed by atoms with van der Waals surface area (Å²) in [6.07, 6.45) is 1.67. The highest BCUT2D eigenvalue weighted by molar-refractivity contribution is 5.95. The molecule has 1 unspecified atom stereocenters. The van der Waals surface area contributed by atoms with Crippen molar-refractivity contribution in [3.05, 3.63) is 48.2 Å². The van der Waals surface area contributed by atoms with E-state index in [1.54, 1.807) is 18.2 Å². The molecule has 130 valence electrons. The van der Waals surface area contributed by atoms with E-state index in [1.807, 2.05) is 24.3 Å². The number of nitrogens with zero attached hydrogens (tertiary/aromatic N) is 3. The Morgan fingerprint density at radius 3 is 2.84 bits per heavy atom. The predicted octanol–water partition coefficient (Wildman–Crippen LogP) is 1.43. The summed E-state index contributed by atoms with van der Waals surface area (Å²) >= 11 is 0. The molecular weight excluding hydrogens is 318 g/mol. The summed E-state index contributed by atoms with van der Waals surface area (Å²) in [5.41, 5.74) is 2.22. The van der Waals surface area contributed by atoms with Crippen LogP contribution >= 0.6 is 0 Å². The van der Waals surface area contributed by atoms with Gasteiger partial charge < -0.3 is 14.2 Å². The number of hydrogen-bond acceptors (Lipinski definition) is 4. The van der Waals surface area contributed by atoms with Crippen molar-refractivity contribution in [3.8, 4) is 11.3 Å². The van der Waals surface area contributed by atoms with Crippen molar-refractivity contribution in [2.75, 3.05) is 33.2 Å². The van der Waals surface area contributed by atoms with Gasteiger partial charge in [0.25, 0.3) is 0 Å². The predicted molar refractivity (Wildman–Crippen MR) is 92.6 cm³/mol. The van der Waals surface area contributed by atoms with Crippen molar-refractivity contribution < 1.29 is 14.0 Å². The maximum absolute atomic E-state index is 12.4. The SMILES string of the molecule is CN1CC(=O)N2CCN(Cc3cccc(-c4ccco4)c3)CC2C1=O. The summed E-state index contributed by atoms with van der Waals surface area (Å²) < 4.78 is 5.46. The summed E-state index contributed by atoms with van der Waals surface area (Å²) in [4.78, 5) is 30.0. The van der Waals surface area contributed by atoms with E-state index in [0.29, 0.717) is 13.1 Å². The largest absolute Gasteiger partial charge is 0.464 e. The number of piperazine rings is 2. The first-order valence-electron chi connectivity index (χ1n) is 8.51. The molecule has 2 aliphatic heterocycles. The van der Waals surface area contributed by atoms with E-state index in [9.17, 15) is 9.59 Å². The minimum atomic E-state index is -0.353. The minimum absolute atomic E-state index is 0.0358. The van der Waals surface area contributed by atoms with Crippen LogP contribution in [0, 0.1) is 0 Å². The molecule has 0 spiro atoms. The number of hydrogen-bond donors (Lipinski definition) is 0. The van der Waals surface area contributed by atoms with Crippen LogP contribution in [-0.2, 0) is 16.1 Å². The first-order valence-corrected chi connectivity index (χ1v) is 8.51. The van der Waals surface area contributed by atoms with Crippen molar-refractivity contribution in [1.82, 2.24) is 14.7 Å². The van der Waals surface area contributed by atoms with Gasteiger partial charge in [0.1, 0.15) is 11.8 Å². The van der Waals surface area contributed by atoms with Gasteiger partial charge in [-0.2, -0.15) is 0 Å². The summed E-state index contributed by atoms with van der Waals surface area (Å²) in [7, 11) is 1.70. The quantitative estimate of drug-likeness (QED) is 0.849. The Morgan fingerprint density at radius 1 is 1.16 bits per heavy atom. The number of benzene rings is 1. The molecule has 1 aromatic carbocycles. The smallest absolute Gasteiger partial charge is 0.246 e. The summed E-state index contributed by atoms with van der Waals surface area (Å²) in [5, 5.41) is 0. The lowest BCUT2D eigenvalue weighted by Gasteiger charge is -2.45. The van der Waals surface area contributed by atoms with Gasteiger partial charge in [-0.3, -0.25) is 14.5 Å². The van der Waals surface area contributed by atoms with Crippen LogP contribution in [0.15, 0.2) is 47.1 Å². The maximum Gasteiger partial charge on any atom is 0.246 e. The second kappa shape index (κ2) is 6.37. The summed E-state index contributed by atoms with van der Waals surface area (Å²) in [6.45, 7) is 2.93. The molecule has 25 heavy (non-hydrogen) atoms. The van der Waals surface area contributed by atoms with Crippen molar-refractivity contribution in [1.29, 1.82) is 0 Å². The van der Waals surface area contributed by atoms with Crippen LogP contribution in [0.1, 0.15) is 5.56 Å². The zero-order valence-corrected chi connectivity index (χ0v) is 14.2. The first-order chi connectivity index (χ1) is 12.1. The van der Waals surface area contributed by atoms with Crippen molar-refractivity contribution in [3.63, 3.8) is 0 Å². The highest BCUT2D eigenvalue weighted by Gasteiger charge is 2.41. The summed E-state index contributed by atoms with van der Waals surface area (Å²) in [6, 6.07) is 11.7. The zero-order chi connectivity index (χ0) is 17.4. The number of likely N-dealkylation sites (N-methyl/N-ethyl adjacent to an activating group) is 1. The molecule has 2 amide bonds. The van der Waals surface area contributed by atoms with E-state index in [4.69, 9.17) is 4.42 Å². The molecule has 0 radical (unpaired) electrons. The van der Waals surface area contributed by atoms with Gasteiger partial charge in [-0.05, 0) is 23.8 Å². The third kappa shape index (κ3) is 3.05. The molecule has 4 rings (SSSR count). The molecule has 1 aromatic heterocycles. The van der Waals surface area contributed by atoms with Crippen LogP contribution < -0.4 is 0 Å². The number of amides is 2. The Labute approximate surface area is 146 Å². The highest BCUT2D eigenvalue weighted by atomic mass is 16.3. The molecule has 2 fully saturated rings. The van der Waals surface area contributed by atoms with E-state index < -0.39 is 0 Å². The topological polar surface area (TPSA) is 57.0 Å². The Kier molecular flexibility index (Phi) is 4.05. The Bertz CT molecular complexity index is 787. The lowest BCUT2D eigenvalue weighted by molar-refractivity contribution is -0.158. The van der Waals surface area contributed by atoms with Gasteiger partial charge >= 0.3 is 0 Å². The molecule has 2 aliphatic rings. The first kappa shape index (κ1) is 15.9. The zero-order valence-electron chi connectivity index (χ0n) is 14.2. The molecule has 6 heteroatoms. The molecular formula is C19H21N3O3. The second-order valence-corrected chi connectivity index (χ2v) is 6.71. The number of carbonyl (C=O) groups excluding carboxylic acids is 2. The van der Waals surface area contributed by atoms with E-state index in [2.05, 4.69) is 17.0 Å². The molecule has 2 aromatic rings. The summed E-state index contributed by atoms with van der Waals surface area (Å²) in [5.74, 6) is 0.932. The molecule has 0 bridgehead atoms. The fraction of sp³-hybridized carbons (Fsp3) is 0.368. The Balaban J connectivity index is 1.48. The van der Waals surface area contributed by atoms with Gasteiger partial charge in [0, 0.05) is 38.8 Å². The van der Waals surface area contributed by atoms with Crippen LogP contribution in [0.3, 0.4) is 0 Å².